The molecule has 1 atom stereocenters. The predicted molar refractivity (Wildman–Crippen MR) is 74.7 cm³/mol. The summed E-state index contributed by atoms with van der Waals surface area (Å²) in [5.41, 5.74) is 0.256. The minimum absolute atomic E-state index is 0.0363. The number of ether oxygens (including phenoxy) is 1. The fourth-order valence-electron chi connectivity index (χ4n) is 1.51. The highest BCUT2D eigenvalue weighted by atomic mass is 32.2. The standard InChI is InChI=1S/C12H16N2O6S/c1-7(12(16)17)14-21(18,19)11-6-9(13-8(2)15)4-5-10(11)20-3/h4-7,14H,1-3H3,(H,13,15)(H,16,17)/t7-/m0/s1. The number of carboxylic acid groups (broad SMARTS) is 1. The molecular formula is C12H16N2O6S. The molecule has 0 saturated heterocycles. The van der Waals surface area contributed by atoms with Crippen LogP contribution in [0.2, 0.25) is 0 Å². The van der Waals surface area contributed by atoms with Gasteiger partial charge in [-0.3, -0.25) is 9.59 Å². The Kier molecular flexibility index (Phi) is 5.28. The third-order valence-electron chi connectivity index (χ3n) is 2.48. The third kappa shape index (κ3) is 4.43. The van der Waals surface area contributed by atoms with Crippen molar-refractivity contribution in [3.05, 3.63) is 18.2 Å². The van der Waals surface area contributed by atoms with E-state index in [1.54, 1.807) is 0 Å². The fraction of sp³-hybridized carbons (Fsp3) is 0.333. The monoisotopic (exact) mass is 316 g/mol. The molecule has 0 aliphatic carbocycles. The molecule has 9 heteroatoms. The summed E-state index contributed by atoms with van der Waals surface area (Å²) in [4.78, 5) is 21.5. The van der Waals surface area contributed by atoms with Gasteiger partial charge >= 0.3 is 5.97 Å². The Morgan fingerprint density at radius 1 is 1.33 bits per heavy atom. The van der Waals surface area contributed by atoms with Crippen LogP contribution in [-0.2, 0) is 19.6 Å². The van der Waals surface area contributed by atoms with Crippen LogP contribution in [0.4, 0.5) is 5.69 Å². The lowest BCUT2D eigenvalue weighted by Crippen LogP contribution is -2.38. The van der Waals surface area contributed by atoms with E-state index < -0.39 is 22.0 Å². The van der Waals surface area contributed by atoms with Crippen LogP contribution >= 0.6 is 0 Å². The molecular weight excluding hydrogens is 300 g/mol. The van der Waals surface area contributed by atoms with Crippen molar-refractivity contribution in [3.8, 4) is 5.75 Å². The number of nitrogens with one attached hydrogen (secondary N) is 2. The molecule has 0 saturated carbocycles. The maximum absolute atomic E-state index is 12.2. The van der Waals surface area contributed by atoms with Crippen molar-refractivity contribution < 1.29 is 27.9 Å². The van der Waals surface area contributed by atoms with Gasteiger partial charge in [0.05, 0.1) is 7.11 Å². The lowest BCUT2D eigenvalue weighted by Gasteiger charge is -2.14. The minimum Gasteiger partial charge on any atom is -0.495 e. The van der Waals surface area contributed by atoms with Crippen LogP contribution in [0.1, 0.15) is 13.8 Å². The highest BCUT2D eigenvalue weighted by Crippen LogP contribution is 2.27. The first-order valence-corrected chi connectivity index (χ1v) is 7.36. The first-order valence-electron chi connectivity index (χ1n) is 5.88. The van der Waals surface area contributed by atoms with E-state index in [-0.39, 0.29) is 22.2 Å². The highest BCUT2D eigenvalue weighted by Gasteiger charge is 2.25. The number of hydrogen-bond donors (Lipinski definition) is 3. The van der Waals surface area contributed by atoms with Crippen molar-refractivity contribution in [1.82, 2.24) is 4.72 Å². The van der Waals surface area contributed by atoms with Crippen molar-refractivity contribution in [1.29, 1.82) is 0 Å². The van der Waals surface area contributed by atoms with Crippen molar-refractivity contribution in [2.24, 2.45) is 0 Å². The summed E-state index contributed by atoms with van der Waals surface area (Å²) in [6, 6.07) is 2.73. The van der Waals surface area contributed by atoms with E-state index >= 15 is 0 Å². The molecule has 1 rings (SSSR count). The maximum atomic E-state index is 12.2. The number of methoxy groups -OCH3 is 1. The topological polar surface area (TPSA) is 122 Å². The Labute approximate surface area is 122 Å². The Hall–Kier alpha value is -2.13. The molecule has 0 bridgehead atoms. The molecule has 1 amide bonds. The molecule has 8 nitrogen and oxygen atoms in total. The second kappa shape index (κ2) is 6.55. The first kappa shape index (κ1) is 16.9. The molecule has 1 aromatic rings. The number of carbonyl (C=O) groups excluding carboxylic acids is 1. The summed E-state index contributed by atoms with van der Waals surface area (Å²) in [5.74, 6) is -1.64. The SMILES string of the molecule is COc1ccc(NC(C)=O)cc1S(=O)(=O)N[C@@H](C)C(=O)O. The average molecular weight is 316 g/mol. The summed E-state index contributed by atoms with van der Waals surface area (Å²) >= 11 is 0. The zero-order valence-corrected chi connectivity index (χ0v) is 12.5. The number of benzene rings is 1. The lowest BCUT2D eigenvalue weighted by molar-refractivity contribution is -0.138. The zero-order chi connectivity index (χ0) is 16.2. The van der Waals surface area contributed by atoms with E-state index in [4.69, 9.17) is 9.84 Å². The molecule has 21 heavy (non-hydrogen) atoms. The molecule has 0 aliphatic heterocycles. The van der Waals surface area contributed by atoms with Gasteiger partial charge in [-0.15, -0.1) is 0 Å². The van der Waals surface area contributed by atoms with E-state index in [1.165, 1.54) is 39.2 Å². The van der Waals surface area contributed by atoms with Gasteiger partial charge in [-0.25, -0.2) is 8.42 Å². The van der Waals surface area contributed by atoms with E-state index in [1.807, 2.05) is 4.72 Å². The molecule has 0 aliphatic rings. The molecule has 0 unspecified atom stereocenters. The number of sulfonamides is 1. The molecule has 0 heterocycles. The van der Waals surface area contributed by atoms with Gasteiger partial charge in [-0.05, 0) is 25.1 Å². The average Bonchev–Trinajstić information content (AvgIpc) is 2.37. The smallest absolute Gasteiger partial charge is 0.321 e. The van der Waals surface area contributed by atoms with Crippen LogP contribution in [-0.4, -0.2) is 38.6 Å². The Morgan fingerprint density at radius 3 is 2.43 bits per heavy atom. The molecule has 0 aromatic heterocycles. The van der Waals surface area contributed by atoms with Gasteiger partial charge in [-0.1, -0.05) is 0 Å². The number of amides is 1. The Balaban J connectivity index is 3.25. The van der Waals surface area contributed by atoms with Gasteiger partial charge in [-0.2, -0.15) is 4.72 Å². The zero-order valence-electron chi connectivity index (χ0n) is 11.7. The summed E-state index contributed by atoms with van der Waals surface area (Å²) < 4.78 is 31.4. The molecule has 0 radical (unpaired) electrons. The Bertz CT molecular complexity index is 656. The van der Waals surface area contributed by atoms with Crippen LogP contribution < -0.4 is 14.8 Å². The number of carboxylic acids is 1. The number of anilines is 1. The van der Waals surface area contributed by atoms with Crippen molar-refractivity contribution in [2.45, 2.75) is 24.8 Å². The minimum atomic E-state index is -4.11. The quantitative estimate of drug-likeness (QED) is 0.698. The van der Waals surface area contributed by atoms with Gasteiger partial charge < -0.3 is 15.2 Å². The van der Waals surface area contributed by atoms with Gasteiger partial charge in [0.2, 0.25) is 15.9 Å². The number of aliphatic carboxylic acids is 1. The van der Waals surface area contributed by atoms with Crippen LogP contribution in [0.15, 0.2) is 23.1 Å². The normalized spacial score (nSPS) is 12.5. The largest absolute Gasteiger partial charge is 0.495 e. The van der Waals surface area contributed by atoms with Crippen LogP contribution in [0, 0.1) is 0 Å². The summed E-state index contributed by atoms with van der Waals surface area (Å²) in [6.45, 7) is 2.48. The maximum Gasteiger partial charge on any atom is 0.321 e. The number of hydrogen-bond acceptors (Lipinski definition) is 5. The second-order valence-electron chi connectivity index (χ2n) is 4.23. The van der Waals surface area contributed by atoms with Crippen LogP contribution in [0.5, 0.6) is 5.75 Å². The van der Waals surface area contributed by atoms with E-state index in [9.17, 15) is 18.0 Å². The van der Waals surface area contributed by atoms with E-state index in [2.05, 4.69) is 5.32 Å². The van der Waals surface area contributed by atoms with Crippen molar-refractivity contribution >= 4 is 27.6 Å². The van der Waals surface area contributed by atoms with E-state index in [0.717, 1.165) is 0 Å². The molecule has 1 aromatic carbocycles. The summed E-state index contributed by atoms with van der Waals surface area (Å²) in [7, 11) is -2.83. The van der Waals surface area contributed by atoms with Gasteiger partial charge in [0, 0.05) is 12.6 Å². The van der Waals surface area contributed by atoms with Gasteiger partial charge in [0.25, 0.3) is 0 Å². The molecule has 3 N–H and O–H groups in total. The third-order valence-corrected chi connectivity index (χ3v) is 4.04. The summed E-state index contributed by atoms with van der Waals surface area (Å²) in [6.07, 6.45) is 0. The summed E-state index contributed by atoms with van der Waals surface area (Å²) in [5, 5.41) is 11.2. The Morgan fingerprint density at radius 2 is 1.95 bits per heavy atom. The fourth-order valence-corrected chi connectivity index (χ4v) is 2.91. The molecule has 0 spiro atoms. The lowest BCUT2D eigenvalue weighted by atomic mass is 10.3. The van der Waals surface area contributed by atoms with Crippen molar-refractivity contribution in [2.75, 3.05) is 12.4 Å². The predicted octanol–water partition coefficient (Wildman–Crippen LogP) is 0.405. The molecule has 0 fully saturated rings. The number of rotatable bonds is 6. The number of carbonyl (C=O) groups is 2. The highest BCUT2D eigenvalue weighted by molar-refractivity contribution is 7.89. The van der Waals surface area contributed by atoms with Gasteiger partial charge in [0.15, 0.2) is 0 Å². The van der Waals surface area contributed by atoms with Gasteiger partial charge in [0.1, 0.15) is 16.7 Å². The van der Waals surface area contributed by atoms with E-state index in [0.29, 0.717) is 0 Å². The first-order chi connectivity index (χ1) is 9.67. The molecule has 116 valence electrons. The van der Waals surface area contributed by atoms with Crippen LogP contribution in [0.3, 0.4) is 0 Å². The second-order valence-corrected chi connectivity index (χ2v) is 5.91. The van der Waals surface area contributed by atoms with Crippen molar-refractivity contribution in [3.63, 3.8) is 0 Å². The van der Waals surface area contributed by atoms with Crippen LogP contribution in [0.25, 0.3) is 0 Å².